The average Bonchev–Trinajstić information content (AvgIpc) is 2.96. The molecule has 0 amide bonds. The Labute approximate surface area is 130 Å². The predicted octanol–water partition coefficient (Wildman–Crippen LogP) is 2.73. The van der Waals surface area contributed by atoms with Crippen LogP contribution in [-0.4, -0.2) is 28.6 Å². The number of sulfonamides is 1. The third kappa shape index (κ3) is 3.64. The van der Waals surface area contributed by atoms with Gasteiger partial charge in [0.05, 0.1) is 5.69 Å². The Morgan fingerprint density at radius 2 is 1.86 bits per heavy atom. The lowest BCUT2D eigenvalue weighted by atomic mass is 10.3. The Balaban J connectivity index is 2.29. The number of nitrogens with zero attached hydrogens (tertiary/aromatic N) is 1. The van der Waals surface area contributed by atoms with E-state index in [4.69, 9.17) is 0 Å². The molecule has 1 heterocycles. The highest BCUT2D eigenvalue weighted by Crippen LogP contribution is 2.28. The maximum atomic E-state index is 12.8. The number of para-hydroxylation sites is 1. The molecule has 6 heteroatoms. The van der Waals surface area contributed by atoms with Crippen LogP contribution in [0, 0.1) is 0 Å². The molecule has 1 N–H and O–H groups in total. The maximum Gasteiger partial charge on any atom is 0.273 e. The molecule has 0 saturated carbocycles. The highest BCUT2D eigenvalue weighted by Gasteiger charge is 2.25. The van der Waals surface area contributed by atoms with E-state index in [0.29, 0.717) is 16.4 Å². The van der Waals surface area contributed by atoms with Gasteiger partial charge in [0.15, 0.2) is 0 Å². The first-order valence-corrected chi connectivity index (χ1v) is 9.16. The fourth-order valence-corrected chi connectivity index (χ4v) is 5.02. The summed E-state index contributed by atoms with van der Waals surface area (Å²) < 4.78 is 27.4. The van der Waals surface area contributed by atoms with E-state index in [1.807, 2.05) is 50.4 Å². The Bertz CT molecular complexity index is 666. The molecule has 0 bridgehead atoms. The molecule has 2 rings (SSSR count). The first kappa shape index (κ1) is 16.0. The van der Waals surface area contributed by atoms with E-state index in [9.17, 15) is 8.42 Å². The van der Waals surface area contributed by atoms with Crippen LogP contribution in [0.25, 0.3) is 0 Å². The van der Waals surface area contributed by atoms with Crippen LogP contribution in [0.5, 0.6) is 0 Å². The SMILES string of the molecule is CCN(c1ccccc1)S(=O)(=O)c1ccc(CCNC)s1. The van der Waals surface area contributed by atoms with Gasteiger partial charge in [-0.05, 0) is 51.2 Å². The van der Waals surface area contributed by atoms with Crippen LogP contribution in [0.1, 0.15) is 11.8 Å². The van der Waals surface area contributed by atoms with Gasteiger partial charge in [0, 0.05) is 11.4 Å². The van der Waals surface area contributed by atoms with Crippen molar-refractivity contribution in [1.29, 1.82) is 0 Å². The van der Waals surface area contributed by atoms with Crippen molar-refractivity contribution in [2.45, 2.75) is 17.6 Å². The zero-order valence-corrected chi connectivity index (χ0v) is 13.9. The summed E-state index contributed by atoms with van der Waals surface area (Å²) in [5.74, 6) is 0. The van der Waals surface area contributed by atoms with Gasteiger partial charge in [-0.3, -0.25) is 4.31 Å². The summed E-state index contributed by atoms with van der Waals surface area (Å²) in [6, 6.07) is 12.8. The molecule has 2 aromatic rings. The fraction of sp³-hybridized carbons (Fsp3) is 0.333. The number of anilines is 1. The van der Waals surface area contributed by atoms with Gasteiger partial charge in [-0.2, -0.15) is 0 Å². The molecule has 0 atom stereocenters. The number of hydrogen-bond acceptors (Lipinski definition) is 4. The van der Waals surface area contributed by atoms with Crippen molar-refractivity contribution in [2.75, 3.05) is 24.4 Å². The second kappa shape index (κ2) is 7.06. The van der Waals surface area contributed by atoms with Gasteiger partial charge in [0.25, 0.3) is 10.0 Å². The molecule has 21 heavy (non-hydrogen) atoms. The minimum absolute atomic E-state index is 0.402. The summed E-state index contributed by atoms with van der Waals surface area (Å²) in [6.07, 6.45) is 0.841. The number of hydrogen-bond donors (Lipinski definition) is 1. The minimum atomic E-state index is -3.48. The third-order valence-corrected chi connectivity index (χ3v) is 6.65. The third-order valence-electron chi connectivity index (χ3n) is 3.13. The Morgan fingerprint density at radius 3 is 2.48 bits per heavy atom. The van der Waals surface area contributed by atoms with Crippen molar-refractivity contribution in [1.82, 2.24) is 5.32 Å². The molecule has 1 aromatic heterocycles. The summed E-state index contributed by atoms with van der Waals surface area (Å²) >= 11 is 1.35. The molecule has 0 fully saturated rings. The highest BCUT2D eigenvalue weighted by atomic mass is 32.2. The van der Waals surface area contributed by atoms with Crippen LogP contribution in [0.3, 0.4) is 0 Å². The maximum absolute atomic E-state index is 12.8. The van der Waals surface area contributed by atoms with Gasteiger partial charge in [-0.1, -0.05) is 18.2 Å². The molecular formula is C15H20N2O2S2. The van der Waals surface area contributed by atoms with E-state index < -0.39 is 10.0 Å². The lowest BCUT2D eigenvalue weighted by Crippen LogP contribution is -2.30. The van der Waals surface area contributed by atoms with Crippen LogP contribution < -0.4 is 9.62 Å². The summed E-state index contributed by atoms with van der Waals surface area (Å²) in [7, 11) is -1.59. The van der Waals surface area contributed by atoms with Gasteiger partial charge < -0.3 is 5.32 Å². The smallest absolute Gasteiger partial charge is 0.273 e. The molecule has 0 radical (unpaired) electrons. The largest absolute Gasteiger partial charge is 0.319 e. The molecule has 114 valence electrons. The summed E-state index contributed by atoms with van der Waals surface area (Å²) in [5, 5.41) is 3.07. The topological polar surface area (TPSA) is 49.4 Å². The second-order valence-electron chi connectivity index (χ2n) is 4.58. The predicted molar refractivity (Wildman–Crippen MR) is 88.6 cm³/mol. The molecule has 0 unspecified atom stereocenters. The van der Waals surface area contributed by atoms with Crippen molar-refractivity contribution in [2.24, 2.45) is 0 Å². The number of likely N-dealkylation sites (N-methyl/N-ethyl adjacent to an activating group) is 1. The minimum Gasteiger partial charge on any atom is -0.319 e. The molecule has 0 aliphatic heterocycles. The molecule has 0 saturated heterocycles. The molecular weight excluding hydrogens is 304 g/mol. The Hall–Kier alpha value is -1.37. The van der Waals surface area contributed by atoms with E-state index in [0.717, 1.165) is 17.8 Å². The van der Waals surface area contributed by atoms with Gasteiger partial charge in [-0.15, -0.1) is 11.3 Å². The van der Waals surface area contributed by atoms with E-state index in [2.05, 4.69) is 5.32 Å². The summed E-state index contributed by atoms with van der Waals surface area (Å²) in [4.78, 5) is 1.08. The van der Waals surface area contributed by atoms with E-state index >= 15 is 0 Å². The molecule has 4 nitrogen and oxygen atoms in total. The van der Waals surface area contributed by atoms with Crippen LogP contribution >= 0.6 is 11.3 Å². The van der Waals surface area contributed by atoms with Crippen molar-refractivity contribution >= 4 is 27.0 Å². The highest BCUT2D eigenvalue weighted by molar-refractivity contribution is 7.94. The second-order valence-corrected chi connectivity index (χ2v) is 7.84. The lowest BCUT2D eigenvalue weighted by Gasteiger charge is -2.21. The van der Waals surface area contributed by atoms with Crippen molar-refractivity contribution < 1.29 is 8.42 Å². The first-order valence-electron chi connectivity index (χ1n) is 6.90. The molecule has 1 aromatic carbocycles. The number of benzene rings is 1. The van der Waals surface area contributed by atoms with Crippen molar-refractivity contribution in [3.05, 3.63) is 47.3 Å². The van der Waals surface area contributed by atoms with Crippen LogP contribution in [0.15, 0.2) is 46.7 Å². The first-order chi connectivity index (χ1) is 10.1. The lowest BCUT2D eigenvalue weighted by molar-refractivity contribution is 0.594. The van der Waals surface area contributed by atoms with E-state index in [1.165, 1.54) is 15.6 Å². The zero-order chi connectivity index (χ0) is 15.3. The normalized spacial score (nSPS) is 11.5. The Morgan fingerprint density at radius 1 is 1.14 bits per heavy atom. The van der Waals surface area contributed by atoms with Gasteiger partial charge in [0.1, 0.15) is 4.21 Å². The fourth-order valence-electron chi connectivity index (χ4n) is 2.07. The van der Waals surface area contributed by atoms with E-state index in [1.54, 1.807) is 6.07 Å². The molecule has 0 aliphatic carbocycles. The Kier molecular flexibility index (Phi) is 5.39. The number of thiophene rings is 1. The summed E-state index contributed by atoms with van der Waals surface area (Å²) in [5.41, 5.74) is 0.699. The van der Waals surface area contributed by atoms with Gasteiger partial charge in [-0.25, -0.2) is 8.42 Å². The number of rotatable bonds is 7. The van der Waals surface area contributed by atoms with Crippen molar-refractivity contribution in [3.8, 4) is 0 Å². The van der Waals surface area contributed by atoms with Crippen LogP contribution in [-0.2, 0) is 16.4 Å². The standard InChI is InChI=1S/C15H20N2O2S2/c1-3-17(13-7-5-4-6-8-13)21(18,19)15-10-9-14(20-15)11-12-16-2/h4-10,16H,3,11-12H2,1-2H3. The quantitative estimate of drug-likeness (QED) is 0.852. The van der Waals surface area contributed by atoms with Gasteiger partial charge >= 0.3 is 0 Å². The van der Waals surface area contributed by atoms with Crippen molar-refractivity contribution in [3.63, 3.8) is 0 Å². The molecule has 0 spiro atoms. The monoisotopic (exact) mass is 324 g/mol. The van der Waals surface area contributed by atoms with Crippen LogP contribution in [0.2, 0.25) is 0 Å². The van der Waals surface area contributed by atoms with Crippen LogP contribution in [0.4, 0.5) is 5.69 Å². The van der Waals surface area contributed by atoms with Gasteiger partial charge in [0.2, 0.25) is 0 Å². The zero-order valence-electron chi connectivity index (χ0n) is 12.2. The number of nitrogens with one attached hydrogen (secondary N) is 1. The molecule has 0 aliphatic rings. The summed E-state index contributed by atoms with van der Waals surface area (Å²) in [6.45, 7) is 3.10. The average molecular weight is 324 g/mol. The van der Waals surface area contributed by atoms with E-state index in [-0.39, 0.29) is 0 Å².